The van der Waals surface area contributed by atoms with Gasteiger partial charge in [0.1, 0.15) is 10.6 Å². The standard InChI is InChI=1S/C17H28N4O4S2/c1-4-25-15-6-5-14(19-17(26)18-7-8-20(2)3)13-16(15)27(22,23)21-9-11-24-12-10-21/h5-6,13H,4,7-12H2,1-3H3,(H2,18,19,26). The molecule has 0 bridgehead atoms. The molecule has 0 unspecified atom stereocenters. The number of sulfonamides is 1. The Morgan fingerprint density at radius 3 is 2.67 bits per heavy atom. The molecule has 10 heteroatoms. The predicted octanol–water partition coefficient (Wildman–Crippen LogP) is 0.954. The largest absolute Gasteiger partial charge is 0.492 e. The van der Waals surface area contributed by atoms with E-state index in [4.69, 9.17) is 21.7 Å². The Morgan fingerprint density at radius 2 is 2.04 bits per heavy atom. The third-order valence-electron chi connectivity index (χ3n) is 3.93. The van der Waals surface area contributed by atoms with E-state index in [0.29, 0.717) is 56.0 Å². The minimum Gasteiger partial charge on any atom is -0.492 e. The fraction of sp³-hybridized carbons (Fsp3) is 0.588. The van der Waals surface area contributed by atoms with Crippen LogP contribution in [0.15, 0.2) is 23.1 Å². The number of thiocarbonyl (C=S) groups is 1. The minimum atomic E-state index is -3.68. The van der Waals surface area contributed by atoms with Crippen molar-refractivity contribution in [3.63, 3.8) is 0 Å². The van der Waals surface area contributed by atoms with Gasteiger partial charge in [-0.25, -0.2) is 8.42 Å². The van der Waals surface area contributed by atoms with E-state index in [1.165, 1.54) is 4.31 Å². The summed E-state index contributed by atoms with van der Waals surface area (Å²) in [6.45, 7) is 5.16. The molecule has 1 aromatic rings. The summed E-state index contributed by atoms with van der Waals surface area (Å²) >= 11 is 5.29. The smallest absolute Gasteiger partial charge is 0.246 e. The second-order valence-electron chi connectivity index (χ2n) is 6.30. The maximum absolute atomic E-state index is 13.1. The van der Waals surface area contributed by atoms with Crippen LogP contribution in [0.4, 0.5) is 5.69 Å². The molecule has 8 nitrogen and oxygen atoms in total. The molecule has 0 saturated carbocycles. The fourth-order valence-corrected chi connectivity index (χ4v) is 4.34. The van der Waals surface area contributed by atoms with E-state index in [1.54, 1.807) is 18.2 Å². The molecular formula is C17H28N4O4S2. The molecular weight excluding hydrogens is 388 g/mol. The molecule has 0 spiro atoms. The molecule has 2 N–H and O–H groups in total. The van der Waals surface area contributed by atoms with Crippen LogP contribution in [0.2, 0.25) is 0 Å². The first-order chi connectivity index (χ1) is 12.8. The lowest BCUT2D eigenvalue weighted by Crippen LogP contribution is -2.40. The highest BCUT2D eigenvalue weighted by molar-refractivity contribution is 7.89. The number of ether oxygens (including phenoxy) is 2. The van der Waals surface area contributed by atoms with Gasteiger partial charge in [-0.1, -0.05) is 0 Å². The van der Waals surface area contributed by atoms with E-state index in [1.807, 2.05) is 25.9 Å². The van der Waals surface area contributed by atoms with Gasteiger partial charge in [0.05, 0.1) is 19.8 Å². The zero-order valence-corrected chi connectivity index (χ0v) is 17.7. The monoisotopic (exact) mass is 416 g/mol. The van der Waals surface area contributed by atoms with Gasteiger partial charge < -0.3 is 25.0 Å². The lowest BCUT2D eigenvalue weighted by atomic mass is 10.3. The summed E-state index contributed by atoms with van der Waals surface area (Å²) in [4.78, 5) is 2.17. The third kappa shape index (κ3) is 6.28. The average Bonchev–Trinajstić information content (AvgIpc) is 2.63. The molecule has 1 aliphatic heterocycles. The van der Waals surface area contributed by atoms with Crippen LogP contribution >= 0.6 is 12.2 Å². The van der Waals surface area contributed by atoms with Gasteiger partial charge >= 0.3 is 0 Å². The molecule has 0 aromatic heterocycles. The van der Waals surface area contributed by atoms with E-state index in [-0.39, 0.29) is 4.90 Å². The van der Waals surface area contributed by atoms with Gasteiger partial charge in [-0.05, 0) is 51.4 Å². The Kier molecular flexibility index (Phi) is 8.24. The minimum absolute atomic E-state index is 0.132. The van der Waals surface area contributed by atoms with Gasteiger partial charge in [-0.15, -0.1) is 0 Å². The molecule has 0 aliphatic carbocycles. The van der Waals surface area contributed by atoms with Crippen molar-refractivity contribution in [2.75, 3.05) is 65.4 Å². The molecule has 1 aliphatic rings. The van der Waals surface area contributed by atoms with Crippen LogP contribution in [-0.4, -0.2) is 82.8 Å². The number of morpholine rings is 1. The molecule has 1 fully saturated rings. The van der Waals surface area contributed by atoms with Crippen LogP contribution < -0.4 is 15.4 Å². The second-order valence-corrected chi connectivity index (χ2v) is 8.61. The highest BCUT2D eigenvalue weighted by Crippen LogP contribution is 2.30. The first-order valence-electron chi connectivity index (χ1n) is 8.89. The molecule has 1 saturated heterocycles. The summed E-state index contributed by atoms with van der Waals surface area (Å²) in [6.07, 6.45) is 0. The van der Waals surface area contributed by atoms with Crippen molar-refractivity contribution in [2.45, 2.75) is 11.8 Å². The third-order valence-corrected chi connectivity index (χ3v) is 6.10. The summed E-state index contributed by atoms with van der Waals surface area (Å²) in [6, 6.07) is 4.97. The molecule has 0 atom stereocenters. The van der Waals surface area contributed by atoms with Crippen LogP contribution in [0.25, 0.3) is 0 Å². The van der Waals surface area contributed by atoms with E-state index < -0.39 is 10.0 Å². The van der Waals surface area contributed by atoms with Gasteiger partial charge in [-0.2, -0.15) is 4.31 Å². The Morgan fingerprint density at radius 1 is 1.33 bits per heavy atom. The molecule has 2 rings (SSSR count). The van der Waals surface area contributed by atoms with E-state index >= 15 is 0 Å². The lowest BCUT2D eigenvalue weighted by Gasteiger charge is -2.27. The first-order valence-corrected chi connectivity index (χ1v) is 10.7. The molecule has 0 amide bonds. The number of likely N-dealkylation sites (N-methyl/N-ethyl adjacent to an activating group) is 1. The lowest BCUT2D eigenvalue weighted by molar-refractivity contribution is 0.0729. The maximum atomic E-state index is 13.1. The molecule has 1 heterocycles. The van der Waals surface area contributed by atoms with Crippen LogP contribution in [0.1, 0.15) is 6.92 Å². The van der Waals surface area contributed by atoms with Crippen LogP contribution in [0, 0.1) is 0 Å². The van der Waals surface area contributed by atoms with Crippen molar-refractivity contribution in [3.8, 4) is 5.75 Å². The van der Waals surface area contributed by atoms with Gasteiger partial charge in [0.25, 0.3) is 0 Å². The fourth-order valence-electron chi connectivity index (χ4n) is 2.56. The maximum Gasteiger partial charge on any atom is 0.246 e. The van der Waals surface area contributed by atoms with Crippen molar-refractivity contribution in [3.05, 3.63) is 18.2 Å². The first kappa shape index (κ1) is 21.8. The molecule has 1 aromatic carbocycles. The van der Waals surface area contributed by atoms with E-state index in [2.05, 4.69) is 10.6 Å². The number of hydrogen-bond donors (Lipinski definition) is 2. The molecule has 0 radical (unpaired) electrons. The Labute approximate surface area is 166 Å². The summed E-state index contributed by atoms with van der Waals surface area (Å²) in [5.41, 5.74) is 0.590. The Hall–Kier alpha value is -1.46. The highest BCUT2D eigenvalue weighted by Gasteiger charge is 2.29. The Bertz CT molecular complexity index is 734. The molecule has 152 valence electrons. The number of hydrogen-bond acceptors (Lipinski definition) is 6. The summed E-state index contributed by atoms with van der Waals surface area (Å²) in [5.74, 6) is 0.334. The quantitative estimate of drug-likeness (QED) is 0.607. The van der Waals surface area contributed by atoms with Crippen molar-refractivity contribution in [1.29, 1.82) is 0 Å². The average molecular weight is 417 g/mol. The van der Waals surface area contributed by atoms with Gasteiger partial charge in [0.2, 0.25) is 10.0 Å². The normalized spacial score (nSPS) is 15.6. The topological polar surface area (TPSA) is 83.1 Å². The molecule has 27 heavy (non-hydrogen) atoms. The summed E-state index contributed by atoms with van der Waals surface area (Å²) in [7, 11) is 0.276. The zero-order valence-electron chi connectivity index (χ0n) is 16.0. The van der Waals surface area contributed by atoms with E-state index in [9.17, 15) is 8.42 Å². The van der Waals surface area contributed by atoms with Crippen molar-refractivity contribution in [2.24, 2.45) is 0 Å². The number of nitrogens with one attached hydrogen (secondary N) is 2. The van der Waals surface area contributed by atoms with E-state index in [0.717, 1.165) is 6.54 Å². The van der Waals surface area contributed by atoms with Crippen molar-refractivity contribution < 1.29 is 17.9 Å². The summed E-state index contributed by atoms with van der Waals surface area (Å²) < 4.78 is 38.4. The highest BCUT2D eigenvalue weighted by atomic mass is 32.2. The number of nitrogens with zero attached hydrogens (tertiary/aromatic N) is 2. The van der Waals surface area contributed by atoms with Gasteiger partial charge in [0, 0.05) is 31.9 Å². The number of anilines is 1. The zero-order chi connectivity index (χ0) is 19.9. The number of benzene rings is 1. The van der Waals surface area contributed by atoms with Crippen LogP contribution in [-0.2, 0) is 14.8 Å². The SMILES string of the molecule is CCOc1ccc(NC(=S)NCCN(C)C)cc1S(=O)(=O)N1CCOCC1. The van der Waals surface area contributed by atoms with Gasteiger partial charge in [-0.3, -0.25) is 0 Å². The number of rotatable bonds is 8. The Balaban J connectivity index is 2.19. The van der Waals surface area contributed by atoms with Crippen LogP contribution in [0.5, 0.6) is 5.75 Å². The second kappa shape index (κ2) is 10.2. The van der Waals surface area contributed by atoms with Crippen molar-refractivity contribution >= 4 is 33.0 Å². The van der Waals surface area contributed by atoms with Gasteiger partial charge in [0.15, 0.2) is 5.11 Å². The van der Waals surface area contributed by atoms with Crippen molar-refractivity contribution in [1.82, 2.24) is 14.5 Å². The van der Waals surface area contributed by atoms with Crippen LogP contribution in [0.3, 0.4) is 0 Å². The predicted molar refractivity (Wildman–Crippen MR) is 110 cm³/mol. The summed E-state index contributed by atoms with van der Waals surface area (Å²) in [5, 5.41) is 6.57.